The highest BCUT2D eigenvalue weighted by Gasteiger charge is 2.41. The molecule has 0 aliphatic carbocycles. The maximum absolute atomic E-state index is 13.7. The Kier molecular flexibility index (Phi) is 7.23. The van der Waals surface area contributed by atoms with Crippen molar-refractivity contribution in [2.75, 3.05) is 42.4 Å². The van der Waals surface area contributed by atoms with E-state index in [1.807, 2.05) is 32.9 Å². The molecule has 2 aromatic heterocycles. The zero-order chi connectivity index (χ0) is 28.6. The average Bonchev–Trinajstić information content (AvgIpc) is 3.36. The van der Waals surface area contributed by atoms with Gasteiger partial charge in [0.2, 0.25) is 5.95 Å². The number of carbonyl (C=O) groups excluding carboxylic acids is 2. The van der Waals surface area contributed by atoms with Crippen LogP contribution >= 0.6 is 0 Å². The van der Waals surface area contributed by atoms with Crippen LogP contribution in [0.2, 0.25) is 0 Å². The van der Waals surface area contributed by atoms with E-state index < -0.39 is 11.7 Å². The highest BCUT2D eigenvalue weighted by atomic mass is 16.6. The van der Waals surface area contributed by atoms with Crippen LogP contribution in [0, 0.1) is 0 Å². The monoisotopic (exact) mass is 550 g/mol. The quantitative estimate of drug-likeness (QED) is 0.471. The number of amides is 3. The van der Waals surface area contributed by atoms with Gasteiger partial charge in [-0.3, -0.25) is 14.5 Å². The van der Waals surface area contributed by atoms with Crippen LogP contribution in [-0.2, 0) is 17.8 Å². The summed E-state index contributed by atoms with van der Waals surface area (Å²) < 4.78 is 12.9. The van der Waals surface area contributed by atoms with Crippen LogP contribution in [0.4, 0.5) is 32.7 Å². The van der Waals surface area contributed by atoms with E-state index in [1.165, 1.54) is 4.90 Å². The molecule has 212 valence electrons. The maximum atomic E-state index is 13.7. The van der Waals surface area contributed by atoms with E-state index >= 15 is 0 Å². The zero-order valence-corrected chi connectivity index (χ0v) is 23.3. The second-order valence-corrected chi connectivity index (χ2v) is 10.7. The summed E-state index contributed by atoms with van der Waals surface area (Å²) in [5, 5.41) is 16.4. The smallest absolute Gasteiger partial charge is 0.414 e. The average molecular weight is 551 g/mol. The molecule has 0 fully saturated rings. The van der Waals surface area contributed by atoms with Gasteiger partial charge in [0.05, 0.1) is 50.4 Å². The number of aliphatic hydroxyl groups is 1. The van der Waals surface area contributed by atoms with Crippen molar-refractivity contribution in [2.24, 2.45) is 0 Å². The van der Waals surface area contributed by atoms with Crippen LogP contribution in [-0.4, -0.2) is 74.8 Å². The first kappa shape index (κ1) is 27.2. The Morgan fingerprint density at radius 3 is 2.77 bits per heavy atom. The van der Waals surface area contributed by atoms with Crippen LogP contribution in [0.3, 0.4) is 0 Å². The van der Waals surface area contributed by atoms with Crippen LogP contribution in [0.1, 0.15) is 44.4 Å². The number of anilines is 4. The van der Waals surface area contributed by atoms with Crippen LogP contribution in [0.5, 0.6) is 5.75 Å². The van der Waals surface area contributed by atoms with Crippen LogP contribution in [0.25, 0.3) is 0 Å². The first-order valence-corrected chi connectivity index (χ1v) is 13.1. The van der Waals surface area contributed by atoms with Gasteiger partial charge in [-0.05, 0) is 33.3 Å². The fourth-order valence-electron chi connectivity index (χ4n) is 5.02. The summed E-state index contributed by atoms with van der Waals surface area (Å²) >= 11 is 0. The number of para-hydroxylation sites is 1. The maximum Gasteiger partial charge on any atom is 0.414 e. The van der Waals surface area contributed by atoms with Gasteiger partial charge in [-0.15, -0.1) is 0 Å². The van der Waals surface area contributed by atoms with Gasteiger partial charge in [0.1, 0.15) is 17.2 Å². The summed E-state index contributed by atoms with van der Waals surface area (Å²) in [7, 11) is 3.24. The van der Waals surface area contributed by atoms with Gasteiger partial charge < -0.3 is 24.8 Å². The number of aromatic nitrogens is 4. The molecule has 0 bridgehead atoms. The van der Waals surface area contributed by atoms with Crippen molar-refractivity contribution in [2.45, 2.75) is 51.9 Å². The third-order valence-corrected chi connectivity index (χ3v) is 6.75. The van der Waals surface area contributed by atoms with Crippen molar-refractivity contribution in [3.8, 4) is 5.75 Å². The molecular formula is C27H34N8O5. The van der Waals surface area contributed by atoms with E-state index in [4.69, 9.17) is 14.6 Å². The molecular weight excluding hydrogens is 516 g/mol. The largest absolute Gasteiger partial charge is 0.495 e. The SMILES string of the molecule is COc1cccc2c1N(C(=O)OC(C)(C)C)CC[C@@H]2N1Cc2cnc(Nc3cnn(CCO)c3)nc2N(C)C1=O. The van der Waals surface area contributed by atoms with Crippen molar-refractivity contribution >= 4 is 35.3 Å². The summed E-state index contributed by atoms with van der Waals surface area (Å²) in [6, 6.07) is 5.06. The topological polar surface area (TPSA) is 138 Å². The van der Waals surface area contributed by atoms with Gasteiger partial charge >= 0.3 is 12.1 Å². The molecule has 1 atom stereocenters. The van der Waals surface area contributed by atoms with Gasteiger partial charge in [0.25, 0.3) is 0 Å². The van der Waals surface area contributed by atoms with Crippen LogP contribution in [0.15, 0.2) is 36.8 Å². The van der Waals surface area contributed by atoms with E-state index in [-0.39, 0.29) is 18.7 Å². The first-order chi connectivity index (χ1) is 19.1. The fraction of sp³-hybridized carbons (Fsp3) is 0.444. The Balaban J connectivity index is 1.42. The number of nitrogens with zero attached hydrogens (tertiary/aromatic N) is 7. The molecule has 0 saturated heterocycles. The first-order valence-electron chi connectivity index (χ1n) is 13.1. The summed E-state index contributed by atoms with van der Waals surface area (Å²) in [6.45, 7) is 6.51. The Morgan fingerprint density at radius 1 is 1.25 bits per heavy atom. The Morgan fingerprint density at radius 2 is 2.05 bits per heavy atom. The number of nitrogens with one attached hydrogen (secondary N) is 1. The van der Waals surface area contributed by atoms with E-state index in [9.17, 15) is 9.59 Å². The molecule has 2 N–H and O–H groups in total. The number of fused-ring (bicyclic) bond motifs is 2. The number of aliphatic hydroxyl groups excluding tert-OH is 1. The molecule has 0 unspecified atom stereocenters. The number of rotatable bonds is 6. The highest BCUT2D eigenvalue weighted by Crippen LogP contribution is 2.45. The van der Waals surface area contributed by atoms with E-state index in [0.717, 1.165) is 11.1 Å². The number of methoxy groups -OCH3 is 1. The third-order valence-electron chi connectivity index (χ3n) is 6.75. The number of carbonyl (C=O) groups is 2. The predicted molar refractivity (Wildman–Crippen MR) is 148 cm³/mol. The molecule has 13 nitrogen and oxygen atoms in total. The summed E-state index contributed by atoms with van der Waals surface area (Å²) in [5.41, 5.74) is 2.22. The molecule has 3 aromatic rings. The molecule has 0 spiro atoms. The molecule has 2 aliphatic heterocycles. The lowest BCUT2D eigenvalue weighted by atomic mass is 9.93. The lowest BCUT2D eigenvalue weighted by Crippen LogP contribution is -2.50. The van der Waals surface area contributed by atoms with Crippen molar-refractivity contribution in [1.82, 2.24) is 24.6 Å². The second-order valence-electron chi connectivity index (χ2n) is 10.7. The summed E-state index contributed by atoms with van der Waals surface area (Å²) in [4.78, 5) is 40.8. The van der Waals surface area contributed by atoms with Crippen molar-refractivity contribution in [3.63, 3.8) is 0 Å². The standard InChI is InChI=1S/C27H34N8O5/c1-27(2,3)40-26(38)34-10-9-20(19-7-6-8-21(39-5)22(19)34)35-15-17-13-28-24(31-23(17)32(4)25(35)37)30-18-14-29-33(16-18)11-12-36/h6-8,13-14,16,20,36H,9-12,15H2,1-5H3,(H,28,30,31)/t20-/m0/s1. The van der Waals surface area contributed by atoms with Gasteiger partial charge in [0.15, 0.2) is 0 Å². The number of urea groups is 1. The normalized spacial score (nSPS) is 16.9. The van der Waals surface area contributed by atoms with Crippen molar-refractivity contribution in [3.05, 3.63) is 47.9 Å². The van der Waals surface area contributed by atoms with E-state index in [1.54, 1.807) is 53.3 Å². The minimum absolute atomic E-state index is 0.0167. The Bertz CT molecular complexity index is 1420. The van der Waals surface area contributed by atoms with Crippen molar-refractivity contribution < 1.29 is 24.2 Å². The molecule has 40 heavy (non-hydrogen) atoms. The Labute approximate surface area is 232 Å². The lowest BCUT2D eigenvalue weighted by molar-refractivity contribution is 0.0571. The van der Waals surface area contributed by atoms with Gasteiger partial charge in [-0.2, -0.15) is 10.1 Å². The van der Waals surface area contributed by atoms with Crippen LogP contribution < -0.4 is 19.9 Å². The molecule has 0 saturated carbocycles. The zero-order valence-electron chi connectivity index (χ0n) is 23.3. The Hall–Kier alpha value is -4.39. The third kappa shape index (κ3) is 5.24. The van der Waals surface area contributed by atoms with E-state index in [0.29, 0.717) is 54.9 Å². The second kappa shape index (κ2) is 10.6. The summed E-state index contributed by atoms with van der Waals surface area (Å²) in [5.74, 6) is 1.38. The number of hydrogen-bond acceptors (Lipinski definition) is 9. The molecule has 1 aromatic carbocycles. The molecule has 5 rings (SSSR count). The fourth-order valence-corrected chi connectivity index (χ4v) is 5.02. The molecule has 4 heterocycles. The molecule has 0 radical (unpaired) electrons. The van der Waals surface area contributed by atoms with Crippen molar-refractivity contribution in [1.29, 1.82) is 0 Å². The lowest BCUT2D eigenvalue weighted by Gasteiger charge is -2.43. The van der Waals surface area contributed by atoms with Gasteiger partial charge in [-0.25, -0.2) is 14.6 Å². The molecule has 3 amide bonds. The number of benzene rings is 1. The van der Waals surface area contributed by atoms with Gasteiger partial charge in [0, 0.05) is 37.1 Å². The molecule has 13 heteroatoms. The molecule has 2 aliphatic rings. The number of ether oxygens (including phenoxy) is 2. The number of hydrogen-bond donors (Lipinski definition) is 2. The minimum Gasteiger partial charge on any atom is -0.495 e. The van der Waals surface area contributed by atoms with Gasteiger partial charge in [-0.1, -0.05) is 12.1 Å². The van der Waals surface area contributed by atoms with E-state index in [2.05, 4.69) is 20.4 Å². The summed E-state index contributed by atoms with van der Waals surface area (Å²) in [6.07, 6.45) is 5.13. The minimum atomic E-state index is -0.654. The highest BCUT2D eigenvalue weighted by molar-refractivity contribution is 5.95. The predicted octanol–water partition coefficient (Wildman–Crippen LogP) is 3.68.